The van der Waals surface area contributed by atoms with Gasteiger partial charge in [0.05, 0.1) is 0 Å². The highest BCUT2D eigenvalue weighted by Crippen LogP contribution is 2.21. The second kappa shape index (κ2) is 7.88. The van der Waals surface area contributed by atoms with Gasteiger partial charge in [0.2, 0.25) is 0 Å². The summed E-state index contributed by atoms with van der Waals surface area (Å²) in [6.45, 7) is 11.0. The Kier molecular flexibility index (Phi) is 6.13. The van der Waals surface area contributed by atoms with Crippen molar-refractivity contribution < 1.29 is 9.53 Å². The van der Waals surface area contributed by atoms with Crippen molar-refractivity contribution in [1.29, 1.82) is 0 Å². The molecule has 2 aliphatic rings. The van der Waals surface area contributed by atoms with Crippen LogP contribution in [-0.2, 0) is 4.74 Å². The lowest BCUT2D eigenvalue weighted by molar-refractivity contribution is 0.0187. The predicted octanol–water partition coefficient (Wildman–Crippen LogP) is 2.35. The van der Waals surface area contributed by atoms with E-state index in [-0.39, 0.29) is 6.09 Å². The van der Waals surface area contributed by atoms with E-state index in [0.29, 0.717) is 12.0 Å². The second-order valence-electron chi connectivity index (χ2n) is 7.55. The highest BCUT2D eigenvalue weighted by atomic mass is 16.6. The number of nitrogens with zero attached hydrogens (tertiary/aromatic N) is 2. The van der Waals surface area contributed by atoms with Gasteiger partial charge in [-0.05, 0) is 59.3 Å². The molecule has 1 aliphatic carbocycles. The average molecular weight is 324 g/mol. The normalized spacial score (nSPS) is 20.3. The van der Waals surface area contributed by atoms with Crippen molar-refractivity contribution in [3.63, 3.8) is 0 Å². The summed E-state index contributed by atoms with van der Waals surface area (Å²) in [5, 5.41) is 6.74. The van der Waals surface area contributed by atoms with E-state index in [0.717, 1.165) is 45.0 Å². The van der Waals surface area contributed by atoms with Crippen LogP contribution >= 0.6 is 0 Å². The number of hydrogen-bond donors (Lipinski definition) is 2. The fourth-order valence-electron chi connectivity index (χ4n) is 2.59. The molecule has 2 N–H and O–H groups in total. The van der Waals surface area contributed by atoms with E-state index < -0.39 is 5.60 Å². The number of nitrogens with one attached hydrogen (secondary N) is 2. The Morgan fingerprint density at radius 1 is 1.22 bits per heavy atom. The van der Waals surface area contributed by atoms with Gasteiger partial charge in [-0.15, -0.1) is 0 Å². The zero-order valence-corrected chi connectivity index (χ0v) is 15.0. The van der Waals surface area contributed by atoms with Crippen molar-refractivity contribution in [1.82, 2.24) is 15.5 Å². The Bertz CT molecular complexity index is 419. The Hall–Kier alpha value is -1.46. The van der Waals surface area contributed by atoms with Crippen molar-refractivity contribution in [2.75, 3.05) is 26.2 Å². The number of guanidine groups is 1. The Morgan fingerprint density at radius 3 is 2.39 bits per heavy atom. The first kappa shape index (κ1) is 17.9. The molecule has 23 heavy (non-hydrogen) atoms. The van der Waals surface area contributed by atoms with Crippen LogP contribution in [-0.4, -0.2) is 54.8 Å². The third-order valence-corrected chi connectivity index (χ3v) is 4.04. The molecule has 0 aromatic carbocycles. The summed E-state index contributed by atoms with van der Waals surface area (Å²) in [5.41, 5.74) is -0.423. The van der Waals surface area contributed by atoms with Crippen molar-refractivity contribution in [2.45, 2.75) is 65.0 Å². The molecule has 0 aromatic rings. The minimum atomic E-state index is -0.423. The molecule has 2 rings (SSSR count). The molecule has 1 saturated heterocycles. The van der Waals surface area contributed by atoms with Crippen molar-refractivity contribution >= 4 is 12.1 Å². The van der Waals surface area contributed by atoms with Crippen molar-refractivity contribution in [3.8, 4) is 0 Å². The molecular weight excluding hydrogens is 292 g/mol. The van der Waals surface area contributed by atoms with E-state index in [1.165, 1.54) is 12.8 Å². The molecule has 0 aromatic heterocycles. The SMILES string of the molecule is CCNC(=NCC1CCN(C(=O)OC(C)(C)C)CC1)NC1CC1. The topological polar surface area (TPSA) is 66.0 Å². The summed E-state index contributed by atoms with van der Waals surface area (Å²) in [4.78, 5) is 18.6. The van der Waals surface area contributed by atoms with Crippen LogP contribution in [0, 0.1) is 5.92 Å². The van der Waals surface area contributed by atoms with E-state index >= 15 is 0 Å². The number of ether oxygens (including phenoxy) is 1. The number of likely N-dealkylation sites (tertiary alicyclic amines) is 1. The summed E-state index contributed by atoms with van der Waals surface area (Å²) in [5.74, 6) is 1.48. The lowest BCUT2D eigenvalue weighted by Crippen LogP contribution is -2.42. The number of carbonyl (C=O) groups is 1. The monoisotopic (exact) mass is 324 g/mol. The van der Waals surface area contributed by atoms with E-state index in [1.54, 1.807) is 0 Å². The molecule has 0 spiro atoms. The van der Waals surface area contributed by atoms with Gasteiger partial charge in [0.15, 0.2) is 5.96 Å². The molecular formula is C17H32N4O2. The number of aliphatic imine (C=N–C) groups is 1. The average Bonchev–Trinajstić information content (AvgIpc) is 3.28. The van der Waals surface area contributed by atoms with E-state index in [9.17, 15) is 4.79 Å². The van der Waals surface area contributed by atoms with E-state index in [1.807, 2.05) is 25.7 Å². The van der Waals surface area contributed by atoms with Crippen LogP contribution in [0.4, 0.5) is 4.79 Å². The zero-order chi connectivity index (χ0) is 16.9. The number of carbonyl (C=O) groups excluding carboxylic acids is 1. The standard InChI is InChI=1S/C17H32N4O2/c1-5-18-15(20-14-6-7-14)19-12-13-8-10-21(11-9-13)16(22)23-17(2,3)4/h13-14H,5-12H2,1-4H3,(H2,18,19,20). The molecule has 1 aliphatic heterocycles. The summed E-state index contributed by atoms with van der Waals surface area (Å²) >= 11 is 0. The zero-order valence-electron chi connectivity index (χ0n) is 15.0. The van der Waals surface area contributed by atoms with Gasteiger partial charge in [0, 0.05) is 32.2 Å². The third kappa shape index (κ3) is 6.67. The number of hydrogen-bond acceptors (Lipinski definition) is 3. The Balaban J connectivity index is 1.74. The summed E-state index contributed by atoms with van der Waals surface area (Å²) in [7, 11) is 0. The predicted molar refractivity (Wildman–Crippen MR) is 92.7 cm³/mol. The molecule has 0 bridgehead atoms. The molecule has 0 radical (unpaired) electrons. The van der Waals surface area contributed by atoms with Gasteiger partial charge in [0.25, 0.3) is 0 Å². The fraction of sp³-hybridized carbons (Fsp3) is 0.882. The van der Waals surface area contributed by atoms with Gasteiger partial charge in [-0.1, -0.05) is 0 Å². The first-order valence-corrected chi connectivity index (χ1v) is 8.90. The minimum absolute atomic E-state index is 0.191. The van der Waals surface area contributed by atoms with Gasteiger partial charge in [-0.25, -0.2) is 4.79 Å². The first-order chi connectivity index (χ1) is 10.9. The molecule has 0 unspecified atom stereocenters. The van der Waals surface area contributed by atoms with E-state index in [2.05, 4.69) is 17.6 Å². The summed E-state index contributed by atoms with van der Waals surface area (Å²) in [6, 6.07) is 0.613. The molecule has 6 heteroatoms. The van der Waals surface area contributed by atoms with Crippen LogP contribution in [0.15, 0.2) is 4.99 Å². The molecule has 1 saturated carbocycles. The van der Waals surface area contributed by atoms with Gasteiger partial charge < -0.3 is 20.3 Å². The fourth-order valence-corrected chi connectivity index (χ4v) is 2.59. The molecule has 1 heterocycles. The van der Waals surface area contributed by atoms with E-state index in [4.69, 9.17) is 9.73 Å². The van der Waals surface area contributed by atoms with Gasteiger partial charge in [-0.2, -0.15) is 0 Å². The lowest BCUT2D eigenvalue weighted by atomic mass is 9.97. The van der Waals surface area contributed by atoms with Crippen LogP contribution in [0.25, 0.3) is 0 Å². The molecule has 6 nitrogen and oxygen atoms in total. The summed E-state index contributed by atoms with van der Waals surface area (Å²) < 4.78 is 5.43. The number of piperidine rings is 1. The van der Waals surface area contributed by atoms with Crippen LogP contribution in [0.3, 0.4) is 0 Å². The van der Waals surface area contributed by atoms with Gasteiger partial charge in [-0.3, -0.25) is 4.99 Å². The largest absolute Gasteiger partial charge is 0.444 e. The molecule has 1 amide bonds. The van der Waals surface area contributed by atoms with Crippen LogP contribution in [0.2, 0.25) is 0 Å². The highest BCUT2D eigenvalue weighted by molar-refractivity contribution is 5.80. The van der Waals surface area contributed by atoms with Crippen LogP contribution < -0.4 is 10.6 Å². The van der Waals surface area contributed by atoms with Crippen LogP contribution in [0.5, 0.6) is 0 Å². The summed E-state index contributed by atoms with van der Waals surface area (Å²) in [6.07, 6.45) is 4.29. The minimum Gasteiger partial charge on any atom is -0.444 e. The van der Waals surface area contributed by atoms with Crippen LogP contribution in [0.1, 0.15) is 53.4 Å². The maximum absolute atomic E-state index is 12.1. The van der Waals surface area contributed by atoms with Crippen molar-refractivity contribution in [3.05, 3.63) is 0 Å². The second-order valence-corrected chi connectivity index (χ2v) is 7.55. The Labute approximate surface area is 140 Å². The quantitative estimate of drug-likeness (QED) is 0.615. The maximum Gasteiger partial charge on any atom is 0.410 e. The first-order valence-electron chi connectivity index (χ1n) is 8.90. The Morgan fingerprint density at radius 2 is 1.87 bits per heavy atom. The van der Waals surface area contributed by atoms with Crippen molar-refractivity contribution in [2.24, 2.45) is 10.9 Å². The molecule has 0 atom stereocenters. The number of rotatable bonds is 4. The lowest BCUT2D eigenvalue weighted by Gasteiger charge is -2.33. The number of amides is 1. The smallest absolute Gasteiger partial charge is 0.410 e. The molecule has 132 valence electrons. The third-order valence-electron chi connectivity index (χ3n) is 4.04. The maximum atomic E-state index is 12.1. The highest BCUT2D eigenvalue weighted by Gasteiger charge is 2.27. The molecule has 2 fully saturated rings. The van der Waals surface area contributed by atoms with Gasteiger partial charge in [0.1, 0.15) is 5.60 Å². The van der Waals surface area contributed by atoms with Gasteiger partial charge >= 0.3 is 6.09 Å².